The van der Waals surface area contributed by atoms with E-state index in [1.54, 1.807) is 35.4 Å². The Labute approximate surface area is 189 Å². The molecule has 0 saturated heterocycles. The highest BCUT2D eigenvalue weighted by Gasteiger charge is 2.12. The summed E-state index contributed by atoms with van der Waals surface area (Å²) < 4.78 is 13.4. The number of nitrogens with zero attached hydrogens (tertiary/aromatic N) is 4. The monoisotopic (exact) mass is 439 g/mol. The topological polar surface area (TPSA) is 95.1 Å². The standard InChI is InChI=1S/C25H21N5O3/c1-2-17-8-10-23(21(12-17)30-15-26-27-16-30)32-14-24(31)28-19-9-11-22-20(13-19)29-25(33-22)18-6-4-3-5-7-18/h3-13,15-16H,2,14H2,1H3,(H,28,31). The largest absolute Gasteiger partial charge is 0.482 e. The van der Waals surface area contributed by atoms with Crippen LogP contribution in [-0.4, -0.2) is 32.3 Å². The highest BCUT2D eigenvalue weighted by Crippen LogP contribution is 2.27. The van der Waals surface area contributed by atoms with Gasteiger partial charge < -0.3 is 14.5 Å². The van der Waals surface area contributed by atoms with Crippen LogP contribution in [-0.2, 0) is 11.2 Å². The zero-order chi connectivity index (χ0) is 22.6. The van der Waals surface area contributed by atoms with Crippen LogP contribution in [0.15, 0.2) is 83.8 Å². The lowest BCUT2D eigenvalue weighted by atomic mass is 10.1. The van der Waals surface area contributed by atoms with Crippen LogP contribution in [0.3, 0.4) is 0 Å². The normalized spacial score (nSPS) is 10.9. The summed E-state index contributed by atoms with van der Waals surface area (Å²) in [5.74, 6) is 0.825. The number of aryl methyl sites for hydroxylation is 1. The maximum atomic E-state index is 12.6. The van der Waals surface area contributed by atoms with Gasteiger partial charge in [-0.15, -0.1) is 10.2 Å². The summed E-state index contributed by atoms with van der Waals surface area (Å²) in [6.07, 6.45) is 4.07. The van der Waals surface area contributed by atoms with Gasteiger partial charge in [-0.2, -0.15) is 0 Å². The Morgan fingerprint density at radius 2 is 1.85 bits per heavy atom. The number of aromatic nitrogens is 4. The molecular formula is C25H21N5O3. The van der Waals surface area contributed by atoms with E-state index in [4.69, 9.17) is 9.15 Å². The number of fused-ring (bicyclic) bond motifs is 1. The third kappa shape index (κ3) is 4.45. The van der Waals surface area contributed by atoms with Crippen LogP contribution >= 0.6 is 0 Å². The number of carbonyl (C=O) groups excluding carboxylic acids is 1. The molecule has 5 aromatic rings. The van der Waals surface area contributed by atoms with Crippen LogP contribution in [0.25, 0.3) is 28.2 Å². The second-order valence-electron chi connectivity index (χ2n) is 7.43. The van der Waals surface area contributed by atoms with Crippen molar-refractivity contribution in [2.45, 2.75) is 13.3 Å². The van der Waals surface area contributed by atoms with E-state index in [1.165, 1.54) is 0 Å². The van der Waals surface area contributed by atoms with E-state index in [2.05, 4.69) is 27.4 Å². The summed E-state index contributed by atoms with van der Waals surface area (Å²) in [5, 5.41) is 10.6. The van der Waals surface area contributed by atoms with E-state index in [-0.39, 0.29) is 12.5 Å². The molecule has 2 heterocycles. The predicted octanol–water partition coefficient (Wildman–Crippen LogP) is 4.66. The van der Waals surface area contributed by atoms with Crippen LogP contribution in [0.5, 0.6) is 5.75 Å². The van der Waals surface area contributed by atoms with Crippen molar-refractivity contribution < 1.29 is 13.9 Å². The van der Waals surface area contributed by atoms with E-state index in [1.807, 2.05) is 48.5 Å². The molecule has 3 aromatic carbocycles. The molecule has 0 fully saturated rings. The zero-order valence-electron chi connectivity index (χ0n) is 17.9. The minimum Gasteiger partial charge on any atom is -0.482 e. The molecule has 164 valence electrons. The van der Waals surface area contributed by atoms with Crippen LogP contribution < -0.4 is 10.1 Å². The quantitative estimate of drug-likeness (QED) is 0.396. The number of carbonyl (C=O) groups is 1. The van der Waals surface area contributed by atoms with Crippen molar-refractivity contribution >= 4 is 22.7 Å². The highest BCUT2D eigenvalue weighted by molar-refractivity contribution is 5.94. The molecule has 0 bridgehead atoms. The maximum absolute atomic E-state index is 12.6. The van der Waals surface area contributed by atoms with E-state index >= 15 is 0 Å². The molecule has 2 aromatic heterocycles. The molecule has 1 amide bonds. The lowest BCUT2D eigenvalue weighted by Gasteiger charge is -2.13. The van der Waals surface area contributed by atoms with Crippen molar-refractivity contribution in [1.29, 1.82) is 0 Å². The number of oxazole rings is 1. The number of ether oxygens (including phenoxy) is 1. The van der Waals surface area contributed by atoms with Crippen molar-refractivity contribution in [3.8, 4) is 22.9 Å². The first-order chi connectivity index (χ1) is 16.2. The van der Waals surface area contributed by atoms with Gasteiger partial charge in [-0.3, -0.25) is 9.36 Å². The van der Waals surface area contributed by atoms with Crippen LogP contribution in [0.2, 0.25) is 0 Å². The van der Waals surface area contributed by atoms with Gasteiger partial charge in [0.2, 0.25) is 5.89 Å². The average molecular weight is 439 g/mol. The molecule has 33 heavy (non-hydrogen) atoms. The lowest BCUT2D eigenvalue weighted by molar-refractivity contribution is -0.118. The molecule has 0 aliphatic heterocycles. The summed E-state index contributed by atoms with van der Waals surface area (Å²) in [4.78, 5) is 17.1. The lowest BCUT2D eigenvalue weighted by Crippen LogP contribution is -2.20. The Hall–Kier alpha value is -4.46. The molecule has 0 spiro atoms. The van der Waals surface area contributed by atoms with Crippen molar-refractivity contribution in [2.24, 2.45) is 0 Å². The average Bonchev–Trinajstić information content (AvgIpc) is 3.53. The second kappa shape index (κ2) is 8.96. The number of benzene rings is 3. The van der Waals surface area contributed by atoms with E-state index in [0.29, 0.717) is 28.4 Å². The summed E-state index contributed by atoms with van der Waals surface area (Å²) >= 11 is 0. The highest BCUT2D eigenvalue weighted by atomic mass is 16.5. The molecule has 8 nitrogen and oxygen atoms in total. The summed E-state index contributed by atoms with van der Waals surface area (Å²) in [7, 11) is 0. The van der Waals surface area contributed by atoms with Crippen LogP contribution in [0.4, 0.5) is 5.69 Å². The van der Waals surface area contributed by atoms with Gasteiger partial charge >= 0.3 is 0 Å². The number of hydrogen-bond acceptors (Lipinski definition) is 6. The number of amides is 1. The molecule has 0 atom stereocenters. The number of anilines is 1. The van der Waals surface area contributed by atoms with Gasteiger partial charge in [-0.25, -0.2) is 4.98 Å². The number of rotatable bonds is 7. The molecule has 0 aliphatic carbocycles. The second-order valence-corrected chi connectivity index (χ2v) is 7.43. The van der Waals surface area contributed by atoms with E-state index in [9.17, 15) is 4.79 Å². The minimum atomic E-state index is -0.282. The first-order valence-electron chi connectivity index (χ1n) is 10.6. The van der Waals surface area contributed by atoms with Gasteiger partial charge in [0.05, 0.1) is 5.69 Å². The summed E-state index contributed by atoms with van der Waals surface area (Å²) in [6, 6.07) is 20.9. The third-order valence-corrected chi connectivity index (χ3v) is 5.18. The molecule has 0 unspecified atom stereocenters. The fourth-order valence-corrected chi connectivity index (χ4v) is 3.48. The Bertz CT molecular complexity index is 1390. The van der Waals surface area contributed by atoms with Gasteiger partial charge in [-0.1, -0.05) is 31.2 Å². The molecular weight excluding hydrogens is 418 g/mol. The SMILES string of the molecule is CCc1ccc(OCC(=O)Nc2ccc3oc(-c4ccccc4)nc3c2)c(-n2cnnc2)c1. The van der Waals surface area contributed by atoms with Crippen molar-refractivity contribution in [1.82, 2.24) is 19.7 Å². The Kier molecular flexibility index (Phi) is 5.55. The zero-order valence-corrected chi connectivity index (χ0v) is 17.9. The van der Waals surface area contributed by atoms with Crippen molar-refractivity contribution in [3.63, 3.8) is 0 Å². The molecule has 8 heteroatoms. The van der Waals surface area contributed by atoms with Gasteiger partial charge in [0.1, 0.15) is 23.9 Å². The fraction of sp³-hybridized carbons (Fsp3) is 0.120. The van der Waals surface area contributed by atoms with Crippen molar-refractivity contribution in [3.05, 3.63) is 84.9 Å². The number of nitrogens with one attached hydrogen (secondary N) is 1. The molecule has 5 rings (SSSR count). The van der Waals surface area contributed by atoms with Gasteiger partial charge in [0.25, 0.3) is 5.91 Å². The minimum absolute atomic E-state index is 0.146. The van der Waals surface area contributed by atoms with Crippen molar-refractivity contribution in [2.75, 3.05) is 11.9 Å². The first-order valence-corrected chi connectivity index (χ1v) is 10.6. The van der Waals surface area contributed by atoms with Gasteiger partial charge in [-0.05, 0) is 54.4 Å². The number of hydrogen-bond donors (Lipinski definition) is 1. The Morgan fingerprint density at radius 3 is 2.64 bits per heavy atom. The predicted molar refractivity (Wildman–Crippen MR) is 124 cm³/mol. The van der Waals surface area contributed by atoms with E-state index < -0.39 is 0 Å². The Balaban J connectivity index is 1.29. The fourth-order valence-electron chi connectivity index (χ4n) is 3.48. The van der Waals surface area contributed by atoms with Gasteiger partial charge in [0, 0.05) is 11.3 Å². The third-order valence-electron chi connectivity index (χ3n) is 5.18. The van der Waals surface area contributed by atoms with Gasteiger partial charge in [0.15, 0.2) is 12.2 Å². The summed E-state index contributed by atoms with van der Waals surface area (Å²) in [5.41, 5.74) is 4.75. The molecule has 0 aliphatic rings. The molecule has 1 N–H and O–H groups in total. The maximum Gasteiger partial charge on any atom is 0.262 e. The van der Waals surface area contributed by atoms with E-state index in [0.717, 1.165) is 23.2 Å². The molecule has 0 radical (unpaired) electrons. The Morgan fingerprint density at radius 1 is 1.03 bits per heavy atom. The summed E-state index contributed by atoms with van der Waals surface area (Å²) in [6.45, 7) is 1.93. The van der Waals surface area contributed by atoms with Crippen LogP contribution in [0.1, 0.15) is 12.5 Å². The van der Waals surface area contributed by atoms with Crippen LogP contribution in [0, 0.1) is 0 Å². The first kappa shape index (κ1) is 20.4. The smallest absolute Gasteiger partial charge is 0.262 e. The molecule has 0 saturated carbocycles.